The lowest BCUT2D eigenvalue weighted by atomic mass is 10.1. The van der Waals surface area contributed by atoms with Gasteiger partial charge in [-0.05, 0) is 24.3 Å². The van der Waals surface area contributed by atoms with E-state index in [1.165, 1.54) is 0 Å². The van der Waals surface area contributed by atoms with Gasteiger partial charge in [0.15, 0.2) is 0 Å². The molecule has 0 fully saturated rings. The van der Waals surface area contributed by atoms with Gasteiger partial charge in [0.2, 0.25) is 0 Å². The highest BCUT2D eigenvalue weighted by Crippen LogP contribution is 2.07. The maximum Gasteiger partial charge on any atom is 0.254 e. The molecule has 18 heavy (non-hydrogen) atoms. The number of imidazole rings is 1. The Kier molecular flexibility index (Phi) is 3.39. The van der Waals surface area contributed by atoms with E-state index >= 15 is 0 Å². The van der Waals surface area contributed by atoms with Crippen molar-refractivity contribution in [1.29, 1.82) is 5.26 Å². The molecule has 0 saturated heterocycles. The minimum atomic E-state index is -0.101. The zero-order valence-corrected chi connectivity index (χ0v) is 9.92. The lowest BCUT2D eigenvalue weighted by molar-refractivity contribution is 0.0782. The zero-order chi connectivity index (χ0) is 13.0. The third-order valence-electron chi connectivity index (χ3n) is 2.55. The third kappa shape index (κ3) is 2.55. The minimum Gasteiger partial charge on any atom is -0.347 e. The Morgan fingerprint density at radius 1 is 1.44 bits per heavy atom. The van der Waals surface area contributed by atoms with Gasteiger partial charge < -0.3 is 9.88 Å². The number of rotatable bonds is 3. The van der Waals surface area contributed by atoms with Gasteiger partial charge in [-0.3, -0.25) is 4.79 Å². The second-order valence-electron chi connectivity index (χ2n) is 3.89. The Morgan fingerprint density at radius 2 is 2.17 bits per heavy atom. The molecule has 5 heteroatoms. The molecule has 0 aliphatic heterocycles. The third-order valence-corrected chi connectivity index (χ3v) is 2.55. The van der Waals surface area contributed by atoms with E-state index in [2.05, 4.69) is 9.97 Å². The SMILES string of the molecule is CN(Cc1ncc[nH]1)C(=O)c1ccc(C#N)cc1. The number of amides is 1. The Balaban J connectivity index is 2.08. The average molecular weight is 240 g/mol. The van der Waals surface area contributed by atoms with E-state index in [0.717, 1.165) is 5.82 Å². The van der Waals surface area contributed by atoms with Crippen LogP contribution in [0.3, 0.4) is 0 Å². The van der Waals surface area contributed by atoms with Gasteiger partial charge in [0.1, 0.15) is 5.82 Å². The number of aromatic amines is 1. The molecule has 0 radical (unpaired) electrons. The van der Waals surface area contributed by atoms with Crippen molar-refractivity contribution < 1.29 is 4.79 Å². The van der Waals surface area contributed by atoms with Crippen LogP contribution in [0.1, 0.15) is 21.7 Å². The molecule has 0 saturated carbocycles. The summed E-state index contributed by atoms with van der Waals surface area (Å²) in [5, 5.41) is 8.69. The molecule has 0 spiro atoms. The Labute approximate surface area is 105 Å². The summed E-state index contributed by atoms with van der Waals surface area (Å²) in [6.07, 6.45) is 3.37. The lowest BCUT2D eigenvalue weighted by Crippen LogP contribution is -2.26. The summed E-state index contributed by atoms with van der Waals surface area (Å²) >= 11 is 0. The largest absolute Gasteiger partial charge is 0.347 e. The normalized spacial score (nSPS) is 9.78. The van der Waals surface area contributed by atoms with Crippen LogP contribution in [0.4, 0.5) is 0 Å². The number of carbonyl (C=O) groups excluding carboxylic acids is 1. The van der Waals surface area contributed by atoms with E-state index in [4.69, 9.17) is 5.26 Å². The van der Waals surface area contributed by atoms with Gasteiger partial charge >= 0.3 is 0 Å². The van der Waals surface area contributed by atoms with Gasteiger partial charge in [0.05, 0.1) is 18.2 Å². The summed E-state index contributed by atoms with van der Waals surface area (Å²) in [6, 6.07) is 8.59. The molecule has 0 unspecified atom stereocenters. The molecule has 90 valence electrons. The van der Waals surface area contributed by atoms with Crippen LogP contribution < -0.4 is 0 Å². The quantitative estimate of drug-likeness (QED) is 0.884. The van der Waals surface area contributed by atoms with E-state index in [-0.39, 0.29) is 5.91 Å². The van der Waals surface area contributed by atoms with Crippen molar-refractivity contribution in [2.45, 2.75) is 6.54 Å². The topological polar surface area (TPSA) is 72.8 Å². The van der Waals surface area contributed by atoms with E-state index < -0.39 is 0 Å². The maximum atomic E-state index is 12.1. The van der Waals surface area contributed by atoms with E-state index in [1.807, 2.05) is 6.07 Å². The monoisotopic (exact) mass is 240 g/mol. The summed E-state index contributed by atoms with van der Waals surface area (Å²) < 4.78 is 0. The van der Waals surface area contributed by atoms with Gasteiger partial charge in [0, 0.05) is 25.0 Å². The number of aromatic nitrogens is 2. The fourth-order valence-electron chi connectivity index (χ4n) is 1.59. The minimum absolute atomic E-state index is 0.101. The number of hydrogen-bond acceptors (Lipinski definition) is 3. The van der Waals surface area contributed by atoms with Gasteiger partial charge in [-0.15, -0.1) is 0 Å². The van der Waals surface area contributed by atoms with Crippen LogP contribution in [0.25, 0.3) is 0 Å². The van der Waals surface area contributed by atoms with Crippen molar-refractivity contribution in [1.82, 2.24) is 14.9 Å². The van der Waals surface area contributed by atoms with Gasteiger partial charge in [-0.2, -0.15) is 5.26 Å². The van der Waals surface area contributed by atoms with Gasteiger partial charge in [-0.1, -0.05) is 0 Å². The first-order valence-corrected chi connectivity index (χ1v) is 5.44. The standard InChI is InChI=1S/C13H12N4O/c1-17(9-12-15-6-7-16-12)13(18)11-4-2-10(8-14)3-5-11/h2-7H,9H2,1H3,(H,15,16). The molecule has 0 atom stereocenters. The summed E-state index contributed by atoms with van der Waals surface area (Å²) in [5.74, 6) is 0.635. The van der Waals surface area contributed by atoms with Crippen molar-refractivity contribution in [2.24, 2.45) is 0 Å². The molecule has 2 rings (SSSR count). The second-order valence-corrected chi connectivity index (χ2v) is 3.89. The summed E-state index contributed by atoms with van der Waals surface area (Å²) in [5.41, 5.74) is 1.10. The Morgan fingerprint density at radius 3 is 2.72 bits per heavy atom. The van der Waals surface area contributed by atoms with Crippen molar-refractivity contribution >= 4 is 5.91 Å². The van der Waals surface area contributed by atoms with Crippen LogP contribution in [-0.2, 0) is 6.54 Å². The first-order chi connectivity index (χ1) is 8.70. The van der Waals surface area contributed by atoms with E-state index in [0.29, 0.717) is 17.7 Å². The first-order valence-electron chi connectivity index (χ1n) is 5.44. The summed E-state index contributed by atoms with van der Waals surface area (Å²) in [6.45, 7) is 0.422. The van der Waals surface area contributed by atoms with E-state index in [9.17, 15) is 4.79 Å². The number of hydrogen-bond donors (Lipinski definition) is 1. The molecule has 1 aromatic carbocycles. The first kappa shape index (κ1) is 11.9. The molecule has 1 heterocycles. The van der Waals surface area contributed by atoms with Crippen LogP contribution in [0.2, 0.25) is 0 Å². The zero-order valence-electron chi connectivity index (χ0n) is 9.92. The van der Waals surface area contributed by atoms with Crippen molar-refractivity contribution in [2.75, 3.05) is 7.05 Å². The predicted molar refractivity (Wildman–Crippen MR) is 65.5 cm³/mol. The molecule has 0 bridgehead atoms. The Hall–Kier alpha value is -2.61. The molecule has 5 nitrogen and oxygen atoms in total. The van der Waals surface area contributed by atoms with Crippen LogP contribution in [0, 0.1) is 11.3 Å². The molecule has 1 aromatic heterocycles. The van der Waals surface area contributed by atoms with Crippen LogP contribution in [0.15, 0.2) is 36.7 Å². The van der Waals surface area contributed by atoms with Gasteiger partial charge in [0.25, 0.3) is 5.91 Å². The maximum absolute atomic E-state index is 12.1. The number of H-pyrrole nitrogens is 1. The number of nitriles is 1. The van der Waals surface area contributed by atoms with Crippen LogP contribution in [0.5, 0.6) is 0 Å². The number of nitrogens with one attached hydrogen (secondary N) is 1. The fourth-order valence-corrected chi connectivity index (χ4v) is 1.59. The average Bonchev–Trinajstić information content (AvgIpc) is 2.91. The van der Waals surface area contributed by atoms with Crippen molar-refractivity contribution in [3.8, 4) is 6.07 Å². The predicted octanol–water partition coefficient (Wildman–Crippen LogP) is 1.55. The van der Waals surface area contributed by atoms with Crippen molar-refractivity contribution in [3.05, 3.63) is 53.6 Å². The number of benzene rings is 1. The highest BCUT2D eigenvalue weighted by molar-refractivity contribution is 5.94. The number of carbonyl (C=O) groups is 1. The van der Waals surface area contributed by atoms with Gasteiger partial charge in [-0.25, -0.2) is 4.98 Å². The summed E-state index contributed by atoms with van der Waals surface area (Å²) in [4.78, 5) is 20.7. The molecule has 0 aliphatic rings. The van der Waals surface area contributed by atoms with Crippen LogP contribution in [-0.4, -0.2) is 27.8 Å². The molecule has 1 amide bonds. The highest BCUT2D eigenvalue weighted by Gasteiger charge is 2.12. The van der Waals surface area contributed by atoms with Crippen molar-refractivity contribution in [3.63, 3.8) is 0 Å². The summed E-state index contributed by atoms with van der Waals surface area (Å²) in [7, 11) is 1.71. The highest BCUT2D eigenvalue weighted by atomic mass is 16.2. The van der Waals surface area contributed by atoms with Crippen LogP contribution >= 0.6 is 0 Å². The Bertz CT molecular complexity index is 566. The fraction of sp³-hybridized carbons (Fsp3) is 0.154. The molecule has 2 aromatic rings. The lowest BCUT2D eigenvalue weighted by Gasteiger charge is -2.15. The molecular weight excluding hydrogens is 228 g/mol. The second kappa shape index (κ2) is 5.15. The molecular formula is C13H12N4O. The molecule has 0 aliphatic carbocycles. The number of nitrogens with zero attached hydrogens (tertiary/aromatic N) is 3. The van der Waals surface area contributed by atoms with E-state index in [1.54, 1.807) is 48.6 Å². The molecule has 1 N–H and O–H groups in total. The smallest absolute Gasteiger partial charge is 0.254 e.